The van der Waals surface area contributed by atoms with Crippen LogP contribution in [-0.2, 0) is 41.9 Å². The molecule has 4 N–H and O–H groups in total. The van der Waals surface area contributed by atoms with Crippen LogP contribution in [0.4, 0.5) is 9.59 Å². The third kappa shape index (κ3) is 24.2. The van der Waals surface area contributed by atoms with Crippen LogP contribution < -0.4 is 10.6 Å². The smallest absolute Gasteiger partial charge is 0.410 e. The monoisotopic (exact) mass is 1500 g/mol. The highest BCUT2D eigenvalue weighted by molar-refractivity contribution is 6.67. The van der Waals surface area contributed by atoms with Crippen LogP contribution in [0.5, 0.6) is 0 Å². The number of carbonyl (C=O) groups is 8. The first-order valence-electron chi connectivity index (χ1n) is 39.2. The summed E-state index contributed by atoms with van der Waals surface area (Å²) < 4.78 is 10.4. The third-order valence-corrected chi connectivity index (χ3v) is 22.9. The van der Waals surface area contributed by atoms with Gasteiger partial charge in [0, 0.05) is 212 Å². The number of nitrogens with one attached hydrogen (secondary N) is 2. The van der Waals surface area contributed by atoms with Gasteiger partial charge in [-0.3, -0.25) is 58.3 Å². The Morgan fingerprint density at radius 2 is 0.766 bits per heavy atom. The lowest BCUT2D eigenvalue weighted by atomic mass is 9.91. The van der Waals surface area contributed by atoms with E-state index in [0.717, 1.165) is 138 Å². The lowest BCUT2D eigenvalue weighted by molar-refractivity contribution is -0.147. The van der Waals surface area contributed by atoms with Crippen molar-refractivity contribution in [3.8, 4) is 0 Å². The molecule has 16 rings (SSSR count). The molecule has 26 nitrogen and oxygen atoms in total. The second-order valence-corrected chi connectivity index (χ2v) is 30.4. The molecule has 4 aliphatic carbocycles. The number of ether oxygens (including phenoxy) is 2. The van der Waals surface area contributed by atoms with Gasteiger partial charge < -0.3 is 59.7 Å². The first-order valence-corrected chi connectivity index (χ1v) is 39.6. The van der Waals surface area contributed by atoms with Crippen LogP contribution in [-0.4, -0.2) is 304 Å². The molecule has 0 spiro atoms. The Morgan fingerprint density at radius 1 is 0.430 bits per heavy atom. The van der Waals surface area contributed by atoms with E-state index in [1.165, 1.54) is 114 Å². The zero-order valence-electron chi connectivity index (χ0n) is 63.2. The molecule has 0 unspecified atom stereocenters. The van der Waals surface area contributed by atoms with E-state index in [0.29, 0.717) is 43.2 Å². The van der Waals surface area contributed by atoms with Gasteiger partial charge in [-0.05, 0) is 119 Å². The number of carboxylic acids is 1. The zero-order chi connectivity index (χ0) is 75.6. The highest BCUT2D eigenvalue weighted by Gasteiger charge is 2.43. The number of carboxylic acid groups (broad SMARTS) is 1. The molecular formula is C80H115ClN14O12. The normalized spacial score (nSPS) is 21.1. The minimum atomic E-state index is -0.864. The van der Waals surface area contributed by atoms with Crippen molar-refractivity contribution >= 4 is 58.6 Å². The maximum Gasteiger partial charge on any atom is 0.410 e. The lowest BCUT2D eigenvalue weighted by Gasteiger charge is -2.45. The maximum atomic E-state index is 12.6. The first kappa shape index (κ1) is 81.8. The van der Waals surface area contributed by atoms with E-state index in [1.54, 1.807) is 41.1 Å². The molecule has 6 amide bonds. The summed E-state index contributed by atoms with van der Waals surface area (Å²) in [5.41, 5.74) is 4.70. The number of amides is 6. The number of rotatable bonds is 14. The standard InChI is InChI=1S/C20H27N3O3.C19H26N4O2.C12H21N3O.C12H13NO4.C8H16N2.C7H6ClNO.C2H6O/c24-19(22-11-9-21(10-12-22)18-7-4-8-18)17-13-23(14-17)20(25)26-15-16-5-2-1-3-6-16;1-14-5-6-15(11-20-14)18(24)23-12-16(13-23)19(25)22-9-7-21(8-10-22)17-3-2-4-17;16-12(10-8-13-9-10)15-6-4-14(5-7-15)11-2-1-3-11;14-11(15)10-6-13(7-10)12(16)17-8-9-4-2-1-3-5-9;1-2-8(3-1)10-6-4-9-5-7-10;1-5-2-3-6(4-9-5)7(8)10;1-2-3/h1-3,5-6,17-18H,4,7-15H2;5-6,11,16-17H,2-4,7-10,12-13H2,1H3;10-11,13H,1-9H2;1-5,10H,6-8H2,(H,14,15);8-9H,1-7H2;2-4H,1H3;3H,2H2,1H3. The number of benzene rings is 2. The molecule has 4 saturated carbocycles. The quantitative estimate of drug-likeness (QED) is 0.0972. The summed E-state index contributed by atoms with van der Waals surface area (Å²) in [5.74, 6) is -0.346. The molecule has 12 aliphatic rings. The molecule has 584 valence electrons. The second-order valence-electron chi connectivity index (χ2n) is 30.1. The van der Waals surface area contributed by atoms with Crippen molar-refractivity contribution in [2.45, 2.75) is 135 Å². The molecule has 0 bridgehead atoms. The van der Waals surface area contributed by atoms with Gasteiger partial charge >= 0.3 is 18.2 Å². The van der Waals surface area contributed by atoms with Gasteiger partial charge in [0.05, 0.1) is 34.8 Å². The fraction of sp³-hybridized carbons (Fsp3) is 0.625. The molecule has 2 aromatic carbocycles. The highest BCUT2D eigenvalue weighted by Crippen LogP contribution is 2.31. The number of pyridine rings is 2. The average molecular weight is 1500 g/mol. The number of carbonyl (C=O) groups excluding carboxylic acids is 7. The number of piperazine rings is 4. The molecule has 0 atom stereocenters. The summed E-state index contributed by atoms with van der Waals surface area (Å²) in [6.45, 7) is 26.8. The largest absolute Gasteiger partial charge is 0.481 e. The number of aromatic nitrogens is 2. The summed E-state index contributed by atoms with van der Waals surface area (Å²) in [7, 11) is 0. The van der Waals surface area contributed by atoms with Crippen LogP contribution in [0.25, 0.3) is 0 Å². The van der Waals surface area contributed by atoms with Gasteiger partial charge in [-0.25, -0.2) is 9.59 Å². The van der Waals surface area contributed by atoms with Crippen LogP contribution in [0, 0.1) is 37.5 Å². The Morgan fingerprint density at radius 3 is 1.07 bits per heavy atom. The Kier molecular flexibility index (Phi) is 31.9. The summed E-state index contributed by atoms with van der Waals surface area (Å²) >= 11 is 5.18. The van der Waals surface area contributed by atoms with Crippen molar-refractivity contribution in [3.05, 3.63) is 131 Å². The number of likely N-dealkylation sites (tertiary alicyclic amines) is 3. The van der Waals surface area contributed by atoms with E-state index in [1.807, 2.05) is 90.4 Å². The van der Waals surface area contributed by atoms with Crippen LogP contribution in [0.2, 0.25) is 0 Å². The number of hydrogen-bond acceptors (Lipinski definition) is 19. The van der Waals surface area contributed by atoms with E-state index >= 15 is 0 Å². The molecule has 8 saturated heterocycles. The van der Waals surface area contributed by atoms with Crippen molar-refractivity contribution in [1.29, 1.82) is 0 Å². The van der Waals surface area contributed by atoms with Gasteiger partial charge in [-0.2, -0.15) is 0 Å². The molecule has 4 aromatic rings. The Bertz CT molecular complexity index is 3430. The third-order valence-electron chi connectivity index (χ3n) is 22.7. The predicted molar refractivity (Wildman–Crippen MR) is 407 cm³/mol. The van der Waals surface area contributed by atoms with E-state index in [2.05, 4.69) is 45.1 Å². The van der Waals surface area contributed by atoms with Crippen LogP contribution in [0.3, 0.4) is 0 Å². The van der Waals surface area contributed by atoms with Crippen LogP contribution in [0.15, 0.2) is 97.3 Å². The molecular weight excluding hydrogens is 1380 g/mol. The maximum absolute atomic E-state index is 12.6. The number of aliphatic carboxylic acids is 1. The molecule has 12 fully saturated rings. The molecule has 2 aromatic heterocycles. The number of nitrogens with zero attached hydrogens (tertiary/aromatic N) is 12. The number of hydrogen-bond donors (Lipinski definition) is 4. The fourth-order valence-corrected chi connectivity index (χ4v) is 14.7. The number of aliphatic hydroxyl groups is 1. The van der Waals surface area contributed by atoms with Crippen LogP contribution >= 0.6 is 11.6 Å². The van der Waals surface area contributed by atoms with E-state index in [9.17, 15) is 38.4 Å². The van der Waals surface area contributed by atoms with Gasteiger partial charge in [0.15, 0.2) is 0 Å². The van der Waals surface area contributed by atoms with Crippen molar-refractivity contribution in [2.75, 3.05) is 164 Å². The van der Waals surface area contributed by atoms with Gasteiger partial charge in [-0.1, -0.05) is 86.3 Å². The van der Waals surface area contributed by atoms with Gasteiger partial charge in [0.25, 0.3) is 11.1 Å². The summed E-state index contributed by atoms with van der Waals surface area (Å²) in [6, 6.07) is 29.3. The average Bonchev–Trinajstić information content (AvgIpc) is 0.813. The van der Waals surface area contributed by atoms with E-state index < -0.39 is 23.2 Å². The summed E-state index contributed by atoms with van der Waals surface area (Å²) in [4.78, 5) is 123. The Labute approximate surface area is 636 Å². The first-order chi connectivity index (χ1) is 51.9. The zero-order valence-corrected chi connectivity index (χ0v) is 63.9. The molecule has 8 aliphatic heterocycles. The number of aliphatic hydroxyl groups excluding tert-OH is 1. The van der Waals surface area contributed by atoms with Crippen LogP contribution in [0.1, 0.15) is 127 Å². The minimum absolute atomic E-state index is 0.0219. The molecule has 107 heavy (non-hydrogen) atoms. The minimum Gasteiger partial charge on any atom is -0.481 e. The lowest BCUT2D eigenvalue weighted by Crippen LogP contribution is -2.60. The Balaban J connectivity index is 0.000000141. The van der Waals surface area contributed by atoms with E-state index in [4.69, 9.17) is 31.3 Å². The van der Waals surface area contributed by atoms with E-state index in [-0.39, 0.29) is 74.5 Å². The topological polar surface area (TPSA) is 278 Å². The van der Waals surface area contributed by atoms with Gasteiger partial charge in [-0.15, -0.1) is 0 Å². The molecule has 0 radical (unpaired) electrons. The van der Waals surface area contributed by atoms with Crippen molar-refractivity contribution < 1.29 is 58.0 Å². The molecule has 27 heteroatoms. The summed E-state index contributed by atoms with van der Waals surface area (Å²) in [5, 5.41) is 22.3. The Hall–Kier alpha value is -7.69. The number of halogens is 1. The summed E-state index contributed by atoms with van der Waals surface area (Å²) in [6.07, 6.45) is 18.8. The van der Waals surface area contributed by atoms with Crippen molar-refractivity contribution in [1.82, 2.24) is 69.6 Å². The SMILES string of the molecule is C1CC(N2CCNCC2)C1.CCO.Cc1ccc(C(=O)Cl)cn1.Cc1ccc(C(=O)N2CC(C(=O)N3CCN(C4CCC4)CC3)C2)cn1.O=C(C1CNC1)N1CCN(C2CCC2)CC1.O=C(O)C1CN(C(=O)OCc2ccccc2)C1.O=C(OCc1ccccc1)N1CC(C(=O)N2CCN(C3CCC3)CC2)C1. The molecule has 10 heterocycles. The fourth-order valence-electron chi connectivity index (χ4n) is 14.6. The van der Waals surface area contributed by atoms with Gasteiger partial charge in [0.1, 0.15) is 13.2 Å². The predicted octanol–water partition coefficient (Wildman–Crippen LogP) is 6.56. The second kappa shape index (κ2) is 41.8. The van der Waals surface area contributed by atoms with Crippen molar-refractivity contribution in [2.24, 2.45) is 23.7 Å². The van der Waals surface area contributed by atoms with Crippen molar-refractivity contribution in [3.63, 3.8) is 0 Å². The van der Waals surface area contributed by atoms with Gasteiger partial charge in [0.2, 0.25) is 17.7 Å². The number of aryl methyl sites for hydroxylation is 2. The highest BCUT2D eigenvalue weighted by atomic mass is 35.5.